The van der Waals surface area contributed by atoms with Crippen LogP contribution < -0.4 is 5.32 Å². The highest BCUT2D eigenvalue weighted by molar-refractivity contribution is 5.91. The Morgan fingerprint density at radius 3 is 2.77 bits per heavy atom. The van der Waals surface area contributed by atoms with Gasteiger partial charge in [0.25, 0.3) is 5.69 Å². The van der Waals surface area contributed by atoms with Crippen molar-refractivity contribution in [2.75, 3.05) is 6.54 Å². The quantitative estimate of drug-likeness (QED) is 0.496. The van der Waals surface area contributed by atoms with Crippen LogP contribution in [-0.2, 0) is 4.79 Å². The first-order valence-electron chi connectivity index (χ1n) is 7.41. The van der Waals surface area contributed by atoms with Crippen molar-refractivity contribution in [2.45, 2.75) is 37.7 Å². The average Bonchev–Trinajstić information content (AvgIpc) is 2.52. The molecule has 1 aliphatic carbocycles. The van der Waals surface area contributed by atoms with Crippen molar-refractivity contribution < 1.29 is 14.8 Å². The second kappa shape index (κ2) is 7.17. The minimum Gasteiger partial charge on any atom is -0.388 e. The van der Waals surface area contributed by atoms with Crippen LogP contribution in [-0.4, -0.2) is 28.1 Å². The van der Waals surface area contributed by atoms with Gasteiger partial charge in [-0.05, 0) is 24.5 Å². The Balaban J connectivity index is 1.88. The van der Waals surface area contributed by atoms with Crippen LogP contribution in [0.15, 0.2) is 30.3 Å². The van der Waals surface area contributed by atoms with Gasteiger partial charge in [0.15, 0.2) is 0 Å². The molecule has 0 atom stereocenters. The lowest BCUT2D eigenvalue weighted by molar-refractivity contribution is -0.384. The normalized spacial score (nSPS) is 17.3. The molecule has 22 heavy (non-hydrogen) atoms. The summed E-state index contributed by atoms with van der Waals surface area (Å²) in [6, 6.07) is 6.06. The van der Waals surface area contributed by atoms with Gasteiger partial charge in [0.2, 0.25) is 5.91 Å². The summed E-state index contributed by atoms with van der Waals surface area (Å²) in [5.41, 5.74) is -0.229. The fourth-order valence-corrected chi connectivity index (χ4v) is 2.61. The van der Waals surface area contributed by atoms with Crippen molar-refractivity contribution in [1.82, 2.24) is 5.32 Å². The molecule has 2 rings (SSSR count). The molecule has 1 aromatic rings. The maximum atomic E-state index is 11.8. The van der Waals surface area contributed by atoms with Gasteiger partial charge in [0.1, 0.15) is 0 Å². The summed E-state index contributed by atoms with van der Waals surface area (Å²) >= 11 is 0. The molecule has 6 heteroatoms. The Hall–Kier alpha value is -2.21. The van der Waals surface area contributed by atoms with Crippen LogP contribution in [0, 0.1) is 10.1 Å². The average molecular weight is 304 g/mol. The molecule has 0 saturated heterocycles. The molecule has 1 amide bonds. The molecule has 6 nitrogen and oxygen atoms in total. The van der Waals surface area contributed by atoms with Crippen molar-refractivity contribution in [3.8, 4) is 0 Å². The number of aliphatic hydroxyl groups is 1. The molecule has 1 saturated carbocycles. The van der Waals surface area contributed by atoms with E-state index in [2.05, 4.69) is 5.32 Å². The number of hydrogen-bond donors (Lipinski definition) is 2. The van der Waals surface area contributed by atoms with Crippen LogP contribution in [0.1, 0.15) is 37.7 Å². The summed E-state index contributed by atoms with van der Waals surface area (Å²) in [5.74, 6) is -0.314. The lowest BCUT2D eigenvalue weighted by atomic mass is 9.85. The van der Waals surface area contributed by atoms with E-state index < -0.39 is 10.5 Å². The van der Waals surface area contributed by atoms with Gasteiger partial charge in [-0.1, -0.05) is 31.4 Å². The molecule has 1 fully saturated rings. The number of rotatable bonds is 5. The van der Waals surface area contributed by atoms with Crippen LogP contribution in [0.5, 0.6) is 0 Å². The number of carbonyl (C=O) groups is 1. The molecule has 1 aliphatic rings. The summed E-state index contributed by atoms with van der Waals surface area (Å²) in [5, 5.41) is 23.7. The zero-order chi connectivity index (χ0) is 16.0. The van der Waals surface area contributed by atoms with Crippen LogP contribution >= 0.6 is 0 Å². The Labute approximate surface area is 129 Å². The maximum absolute atomic E-state index is 11.8. The predicted molar refractivity (Wildman–Crippen MR) is 83.2 cm³/mol. The second-order valence-electron chi connectivity index (χ2n) is 5.69. The largest absolute Gasteiger partial charge is 0.388 e. The van der Waals surface area contributed by atoms with Crippen molar-refractivity contribution in [3.63, 3.8) is 0 Å². The Morgan fingerprint density at radius 1 is 1.36 bits per heavy atom. The smallest absolute Gasteiger partial charge is 0.270 e. The summed E-state index contributed by atoms with van der Waals surface area (Å²) in [6.45, 7) is 0.241. The molecular formula is C16H20N2O4. The minimum absolute atomic E-state index is 0.0147. The molecule has 118 valence electrons. The third-order valence-electron chi connectivity index (χ3n) is 3.88. The van der Waals surface area contributed by atoms with Crippen molar-refractivity contribution in [1.29, 1.82) is 0 Å². The second-order valence-corrected chi connectivity index (χ2v) is 5.69. The van der Waals surface area contributed by atoms with Gasteiger partial charge in [-0.15, -0.1) is 0 Å². The highest BCUT2D eigenvalue weighted by Gasteiger charge is 2.29. The standard InChI is InChI=1S/C16H20N2O4/c19-15(17-12-16(20)9-2-1-3-10-16)8-7-13-5-4-6-14(11-13)18(21)22/h4-8,11,20H,1-3,9-10,12H2,(H,17,19). The van der Waals surface area contributed by atoms with E-state index >= 15 is 0 Å². The van der Waals surface area contributed by atoms with E-state index in [1.54, 1.807) is 12.1 Å². The first-order valence-corrected chi connectivity index (χ1v) is 7.41. The third-order valence-corrected chi connectivity index (χ3v) is 3.88. The molecule has 1 aromatic carbocycles. The number of amides is 1. The summed E-state index contributed by atoms with van der Waals surface area (Å²) in [7, 11) is 0. The molecule has 0 unspecified atom stereocenters. The fraction of sp³-hybridized carbons (Fsp3) is 0.438. The van der Waals surface area contributed by atoms with Crippen molar-refractivity contribution >= 4 is 17.7 Å². The van der Waals surface area contributed by atoms with Crippen LogP contribution in [0.2, 0.25) is 0 Å². The number of benzene rings is 1. The highest BCUT2D eigenvalue weighted by atomic mass is 16.6. The number of nitro groups is 1. The summed E-state index contributed by atoms with van der Waals surface area (Å²) in [4.78, 5) is 22.0. The zero-order valence-electron chi connectivity index (χ0n) is 12.3. The van der Waals surface area contributed by atoms with Gasteiger partial charge in [-0.2, -0.15) is 0 Å². The fourth-order valence-electron chi connectivity index (χ4n) is 2.61. The van der Waals surface area contributed by atoms with Crippen LogP contribution in [0.3, 0.4) is 0 Å². The number of nitrogens with zero attached hydrogens (tertiary/aromatic N) is 1. The Kier molecular flexibility index (Phi) is 5.27. The molecule has 0 spiro atoms. The van der Waals surface area contributed by atoms with E-state index in [4.69, 9.17) is 0 Å². The van der Waals surface area contributed by atoms with Gasteiger partial charge in [-0.25, -0.2) is 0 Å². The van der Waals surface area contributed by atoms with E-state index in [-0.39, 0.29) is 18.1 Å². The van der Waals surface area contributed by atoms with E-state index in [0.717, 1.165) is 19.3 Å². The van der Waals surface area contributed by atoms with Gasteiger partial charge >= 0.3 is 0 Å². The highest BCUT2D eigenvalue weighted by Crippen LogP contribution is 2.27. The van der Waals surface area contributed by atoms with Gasteiger partial charge < -0.3 is 10.4 Å². The molecule has 0 radical (unpaired) electrons. The van der Waals surface area contributed by atoms with Gasteiger partial charge in [0.05, 0.1) is 10.5 Å². The van der Waals surface area contributed by atoms with E-state index in [0.29, 0.717) is 18.4 Å². The molecule has 2 N–H and O–H groups in total. The van der Waals surface area contributed by atoms with Crippen LogP contribution in [0.4, 0.5) is 5.69 Å². The lowest BCUT2D eigenvalue weighted by Crippen LogP contribution is -2.43. The Bertz CT molecular complexity index is 577. The minimum atomic E-state index is -0.798. The van der Waals surface area contributed by atoms with E-state index in [1.165, 1.54) is 24.3 Å². The molecule has 0 aliphatic heterocycles. The van der Waals surface area contributed by atoms with Crippen LogP contribution in [0.25, 0.3) is 6.08 Å². The summed E-state index contributed by atoms with van der Waals surface area (Å²) in [6.07, 6.45) is 7.36. The Morgan fingerprint density at radius 2 is 2.09 bits per heavy atom. The van der Waals surface area contributed by atoms with Crippen molar-refractivity contribution in [3.05, 3.63) is 46.0 Å². The number of carbonyl (C=O) groups excluding carboxylic acids is 1. The predicted octanol–water partition coefficient (Wildman–Crippen LogP) is 2.42. The summed E-state index contributed by atoms with van der Waals surface area (Å²) < 4.78 is 0. The first kappa shape index (κ1) is 16.2. The molecule has 0 aromatic heterocycles. The topological polar surface area (TPSA) is 92.5 Å². The number of nitro benzene ring substituents is 1. The molecule has 0 bridgehead atoms. The number of hydrogen-bond acceptors (Lipinski definition) is 4. The van der Waals surface area contributed by atoms with E-state index in [9.17, 15) is 20.0 Å². The molecular weight excluding hydrogens is 284 g/mol. The zero-order valence-corrected chi connectivity index (χ0v) is 12.3. The monoisotopic (exact) mass is 304 g/mol. The lowest BCUT2D eigenvalue weighted by Gasteiger charge is -2.31. The first-order chi connectivity index (χ1) is 10.5. The van der Waals surface area contributed by atoms with Gasteiger partial charge in [0, 0.05) is 24.8 Å². The molecule has 0 heterocycles. The number of non-ortho nitro benzene ring substituents is 1. The number of nitrogens with one attached hydrogen (secondary N) is 1. The van der Waals surface area contributed by atoms with Gasteiger partial charge in [-0.3, -0.25) is 14.9 Å². The van der Waals surface area contributed by atoms with Crippen molar-refractivity contribution in [2.24, 2.45) is 0 Å². The third kappa shape index (κ3) is 4.66. The SMILES string of the molecule is O=C(C=Cc1cccc([N+](=O)[O-])c1)NCC1(O)CCCCC1. The van der Waals surface area contributed by atoms with E-state index in [1.807, 2.05) is 0 Å². The maximum Gasteiger partial charge on any atom is 0.270 e.